The summed E-state index contributed by atoms with van der Waals surface area (Å²) in [4.78, 5) is 0. The van der Waals surface area contributed by atoms with E-state index in [0.717, 1.165) is 32.0 Å². The van der Waals surface area contributed by atoms with Crippen LogP contribution in [0.5, 0.6) is 0 Å². The molecule has 3 heteroatoms. The Morgan fingerprint density at radius 3 is 2.22 bits per heavy atom. The molecule has 0 radical (unpaired) electrons. The molecule has 0 aromatic carbocycles. The second kappa shape index (κ2) is 5.48. The fourth-order valence-corrected chi connectivity index (χ4v) is 3.98. The molecule has 0 aromatic heterocycles. The zero-order valence-corrected chi connectivity index (χ0v) is 11.6. The molecule has 0 bridgehead atoms. The average molecular weight is 253 g/mol. The minimum absolute atomic E-state index is 0.200. The maximum absolute atomic E-state index is 5.78. The van der Waals surface area contributed by atoms with Gasteiger partial charge in [0.2, 0.25) is 0 Å². The van der Waals surface area contributed by atoms with Crippen LogP contribution in [0.2, 0.25) is 0 Å². The van der Waals surface area contributed by atoms with Crippen molar-refractivity contribution in [2.24, 2.45) is 5.92 Å². The van der Waals surface area contributed by atoms with Crippen LogP contribution in [0.1, 0.15) is 58.3 Å². The fraction of sp³-hybridized carbons (Fsp3) is 1.00. The summed E-state index contributed by atoms with van der Waals surface area (Å²) in [5.41, 5.74) is 0. The Balaban J connectivity index is 1.44. The Morgan fingerprint density at radius 2 is 1.61 bits per heavy atom. The van der Waals surface area contributed by atoms with Gasteiger partial charge < -0.3 is 14.8 Å². The number of hydrogen-bond donors (Lipinski definition) is 1. The Labute approximate surface area is 111 Å². The normalized spacial score (nSPS) is 31.2. The summed E-state index contributed by atoms with van der Waals surface area (Å²) in [7, 11) is 0. The molecule has 18 heavy (non-hydrogen) atoms. The summed E-state index contributed by atoms with van der Waals surface area (Å²) in [5.74, 6) is 0.717. The molecule has 1 aliphatic heterocycles. The van der Waals surface area contributed by atoms with Crippen molar-refractivity contribution in [2.75, 3.05) is 13.2 Å². The van der Waals surface area contributed by atoms with E-state index in [0.29, 0.717) is 12.1 Å². The van der Waals surface area contributed by atoms with Crippen molar-refractivity contribution in [1.29, 1.82) is 0 Å². The minimum Gasteiger partial charge on any atom is -0.348 e. The van der Waals surface area contributed by atoms with E-state index in [1.54, 1.807) is 0 Å². The lowest BCUT2D eigenvalue weighted by atomic mass is 9.88. The highest BCUT2D eigenvalue weighted by Crippen LogP contribution is 2.36. The Bertz CT molecular complexity index is 260. The summed E-state index contributed by atoms with van der Waals surface area (Å²) >= 11 is 0. The maximum Gasteiger partial charge on any atom is 0.168 e. The first-order valence-corrected chi connectivity index (χ1v) is 7.81. The molecule has 1 saturated heterocycles. The third kappa shape index (κ3) is 2.73. The van der Waals surface area contributed by atoms with Crippen LogP contribution < -0.4 is 5.32 Å². The third-order valence-electron chi connectivity index (χ3n) is 5.17. The summed E-state index contributed by atoms with van der Waals surface area (Å²) < 4.78 is 11.6. The topological polar surface area (TPSA) is 30.5 Å². The van der Waals surface area contributed by atoms with Gasteiger partial charge in [-0.2, -0.15) is 0 Å². The molecule has 1 unspecified atom stereocenters. The average Bonchev–Trinajstić information content (AvgIpc) is 3.04. The molecule has 3 rings (SSSR count). The molecular formula is C15H27NO2. The van der Waals surface area contributed by atoms with E-state index >= 15 is 0 Å². The van der Waals surface area contributed by atoms with Crippen molar-refractivity contribution in [3.05, 3.63) is 0 Å². The van der Waals surface area contributed by atoms with Gasteiger partial charge in [-0.3, -0.25) is 0 Å². The lowest BCUT2D eigenvalue weighted by molar-refractivity contribution is -0.179. The lowest BCUT2D eigenvalue weighted by Crippen LogP contribution is -2.46. The first kappa shape index (κ1) is 12.9. The summed E-state index contributed by atoms with van der Waals surface area (Å²) in [5, 5.41) is 3.86. The molecule has 1 N–H and O–H groups in total. The Morgan fingerprint density at radius 1 is 1.00 bits per heavy atom. The SMILES string of the molecule is CC(NC1CCC2(CC1)OCCO2)C1CCCC1. The molecule has 3 nitrogen and oxygen atoms in total. The van der Waals surface area contributed by atoms with E-state index in [2.05, 4.69) is 12.2 Å². The highest BCUT2D eigenvalue weighted by molar-refractivity contribution is 4.88. The number of ether oxygens (including phenoxy) is 2. The first-order chi connectivity index (χ1) is 8.77. The second-order valence-corrected chi connectivity index (χ2v) is 6.38. The van der Waals surface area contributed by atoms with Gasteiger partial charge in [0.15, 0.2) is 5.79 Å². The van der Waals surface area contributed by atoms with Crippen molar-refractivity contribution >= 4 is 0 Å². The van der Waals surface area contributed by atoms with Crippen molar-refractivity contribution in [2.45, 2.75) is 76.2 Å². The van der Waals surface area contributed by atoms with Crippen molar-refractivity contribution < 1.29 is 9.47 Å². The van der Waals surface area contributed by atoms with Gasteiger partial charge in [0.1, 0.15) is 0 Å². The zero-order valence-electron chi connectivity index (χ0n) is 11.6. The molecule has 2 saturated carbocycles. The van der Waals surface area contributed by atoms with Gasteiger partial charge in [-0.05, 0) is 38.5 Å². The van der Waals surface area contributed by atoms with Crippen LogP contribution in [0.4, 0.5) is 0 Å². The van der Waals surface area contributed by atoms with Crippen molar-refractivity contribution in [1.82, 2.24) is 5.32 Å². The number of hydrogen-bond acceptors (Lipinski definition) is 3. The predicted octanol–water partition coefficient (Wildman–Crippen LogP) is 2.84. The van der Waals surface area contributed by atoms with Gasteiger partial charge >= 0.3 is 0 Å². The van der Waals surface area contributed by atoms with E-state index in [1.807, 2.05) is 0 Å². The van der Waals surface area contributed by atoms with E-state index in [-0.39, 0.29) is 5.79 Å². The number of nitrogens with one attached hydrogen (secondary N) is 1. The largest absolute Gasteiger partial charge is 0.348 e. The molecule has 1 atom stereocenters. The van der Waals surface area contributed by atoms with E-state index < -0.39 is 0 Å². The lowest BCUT2D eigenvalue weighted by Gasteiger charge is -2.37. The minimum atomic E-state index is -0.200. The molecule has 104 valence electrons. The van der Waals surface area contributed by atoms with Crippen LogP contribution in [-0.4, -0.2) is 31.1 Å². The molecule has 0 amide bonds. The molecule has 3 aliphatic rings. The standard InChI is InChI=1S/C15H27NO2/c1-12(13-4-2-3-5-13)16-14-6-8-15(9-7-14)17-10-11-18-15/h12-14,16H,2-11H2,1H3. The first-order valence-electron chi connectivity index (χ1n) is 7.81. The van der Waals surface area contributed by atoms with Gasteiger partial charge in [-0.1, -0.05) is 12.8 Å². The van der Waals surface area contributed by atoms with Gasteiger partial charge in [-0.25, -0.2) is 0 Å². The van der Waals surface area contributed by atoms with Gasteiger partial charge in [0.25, 0.3) is 0 Å². The molecule has 2 aliphatic carbocycles. The molecule has 3 fully saturated rings. The van der Waals surface area contributed by atoms with Crippen LogP contribution in [0.15, 0.2) is 0 Å². The van der Waals surface area contributed by atoms with Crippen LogP contribution in [0, 0.1) is 5.92 Å². The second-order valence-electron chi connectivity index (χ2n) is 6.38. The molecule has 0 aromatic rings. The Kier molecular flexibility index (Phi) is 3.92. The highest BCUT2D eigenvalue weighted by atomic mass is 16.7. The van der Waals surface area contributed by atoms with E-state index in [9.17, 15) is 0 Å². The predicted molar refractivity (Wildman–Crippen MR) is 71.4 cm³/mol. The van der Waals surface area contributed by atoms with Crippen LogP contribution in [0.3, 0.4) is 0 Å². The molecule has 1 spiro atoms. The fourth-order valence-electron chi connectivity index (χ4n) is 3.98. The zero-order chi connectivity index (χ0) is 12.4. The summed E-state index contributed by atoms with van der Waals surface area (Å²) in [6.07, 6.45) is 10.3. The van der Waals surface area contributed by atoms with Crippen LogP contribution >= 0.6 is 0 Å². The van der Waals surface area contributed by atoms with Gasteiger partial charge in [0, 0.05) is 24.9 Å². The summed E-state index contributed by atoms with van der Waals surface area (Å²) in [6.45, 7) is 3.95. The van der Waals surface area contributed by atoms with Crippen LogP contribution in [0.25, 0.3) is 0 Å². The maximum atomic E-state index is 5.78. The third-order valence-corrected chi connectivity index (χ3v) is 5.17. The number of rotatable bonds is 3. The van der Waals surface area contributed by atoms with Crippen LogP contribution in [-0.2, 0) is 9.47 Å². The van der Waals surface area contributed by atoms with E-state index in [1.165, 1.54) is 38.5 Å². The smallest absolute Gasteiger partial charge is 0.168 e. The highest BCUT2D eigenvalue weighted by Gasteiger charge is 2.40. The molecular weight excluding hydrogens is 226 g/mol. The van der Waals surface area contributed by atoms with Crippen molar-refractivity contribution in [3.8, 4) is 0 Å². The molecule has 1 heterocycles. The van der Waals surface area contributed by atoms with E-state index in [4.69, 9.17) is 9.47 Å². The van der Waals surface area contributed by atoms with Gasteiger partial charge in [-0.15, -0.1) is 0 Å². The van der Waals surface area contributed by atoms with Gasteiger partial charge in [0.05, 0.1) is 13.2 Å². The quantitative estimate of drug-likeness (QED) is 0.839. The van der Waals surface area contributed by atoms with Crippen molar-refractivity contribution in [3.63, 3.8) is 0 Å². The summed E-state index contributed by atoms with van der Waals surface area (Å²) in [6, 6.07) is 1.37. The Hall–Kier alpha value is -0.120. The monoisotopic (exact) mass is 253 g/mol.